The van der Waals surface area contributed by atoms with Crippen LogP contribution in [0.4, 0.5) is 10.5 Å². The zero-order valence-electron chi connectivity index (χ0n) is 40.0. The standard InChI is InChI=1S/C45H76N6O13/c1-14-33-44(10,57)37(53)29(6)47-23-25(2)21-42(8,56)38(64-40-35(52)32(20-26(3)60-40)51(12)41(55)50(11)31-18-16-15-17-19-31)27(4)36(28(5)39(54)62-33)63-34-22-43(9,59-13)45(58,24-48-49-46)30(7)61-34/h15-19,25-30,32-38,40,47,52-53,56-58H,14,20-24H2,1-13H3/t25-,26-,27+,28-,29-,30+,32+,33-,34+,35-,36+,37-,38-,40+,42-,43-,44-,45+/m1/s1. The van der Waals surface area contributed by atoms with Gasteiger partial charge in [-0.15, -0.1) is 0 Å². The number of urea groups is 1. The molecule has 0 radical (unpaired) electrons. The number of nitrogens with zero attached hydrogens (tertiary/aromatic N) is 5. The lowest BCUT2D eigenvalue weighted by molar-refractivity contribution is -0.335. The summed E-state index contributed by atoms with van der Waals surface area (Å²) in [6.07, 6.45) is -10.0. The van der Waals surface area contributed by atoms with Crippen LogP contribution in [0.1, 0.15) is 94.9 Å². The number of anilines is 1. The topological polar surface area (TPSA) is 258 Å². The average molecular weight is 909 g/mol. The van der Waals surface area contributed by atoms with Crippen LogP contribution in [0.2, 0.25) is 0 Å². The second-order valence-corrected chi connectivity index (χ2v) is 19.2. The zero-order chi connectivity index (χ0) is 48.1. The summed E-state index contributed by atoms with van der Waals surface area (Å²) in [4.78, 5) is 34.0. The van der Waals surface area contributed by atoms with Crippen molar-refractivity contribution in [1.29, 1.82) is 0 Å². The van der Waals surface area contributed by atoms with Gasteiger partial charge < -0.3 is 64.2 Å². The van der Waals surface area contributed by atoms with E-state index in [9.17, 15) is 35.1 Å². The predicted octanol–water partition coefficient (Wildman–Crippen LogP) is 3.87. The number of carbonyl (C=O) groups is 2. The molecule has 4 rings (SSSR count). The van der Waals surface area contributed by atoms with E-state index in [0.29, 0.717) is 12.2 Å². The third-order valence-corrected chi connectivity index (χ3v) is 14.1. The van der Waals surface area contributed by atoms with Gasteiger partial charge in [0.05, 0.1) is 48.5 Å². The van der Waals surface area contributed by atoms with Crippen molar-refractivity contribution in [2.75, 3.05) is 39.2 Å². The number of hydrogen-bond acceptors (Lipinski definition) is 15. The lowest BCUT2D eigenvalue weighted by Gasteiger charge is -2.53. The Morgan fingerprint density at radius 3 is 2.23 bits per heavy atom. The van der Waals surface area contributed by atoms with Crippen molar-refractivity contribution >= 4 is 17.7 Å². The smallest absolute Gasteiger partial charge is 0.324 e. The van der Waals surface area contributed by atoms with Gasteiger partial charge in [-0.1, -0.05) is 44.1 Å². The molecule has 19 heteroatoms. The van der Waals surface area contributed by atoms with Crippen molar-refractivity contribution in [1.82, 2.24) is 10.2 Å². The number of benzene rings is 1. The van der Waals surface area contributed by atoms with Crippen molar-refractivity contribution in [3.63, 3.8) is 0 Å². The fourth-order valence-corrected chi connectivity index (χ4v) is 9.87. The number of amides is 2. The minimum atomic E-state index is -1.89. The molecule has 3 aliphatic rings. The van der Waals surface area contributed by atoms with E-state index in [1.165, 1.54) is 23.8 Å². The summed E-state index contributed by atoms with van der Waals surface area (Å²) in [6, 6.07) is 7.28. The Hall–Kier alpha value is -3.17. The van der Waals surface area contributed by atoms with Crippen molar-refractivity contribution in [3.05, 3.63) is 40.8 Å². The van der Waals surface area contributed by atoms with E-state index in [2.05, 4.69) is 15.3 Å². The SMILES string of the molecule is CC[C@H]1OC(=O)[C@H](C)[C@@H](O[C@H]2C[C@@](C)(OC)[C@](O)(CN=[N+]=[N-])[C@H](C)O2)[C@H](C)[C@@H](O[C@@H]2O[C@H](C)C[C@H](N(C)C(=O)N(C)c3ccccc3)[C@H]2O)[C@](C)(O)C[C@@H](C)CN[C@H](C)[C@@H](O)[C@]1(C)O. The number of cyclic esters (lactones) is 1. The number of esters is 1. The number of ether oxygens (including phenoxy) is 6. The monoisotopic (exact) mass is 909 g/mol. The summed E-state index contributed by atoms with van der Waals surface area (Å²) in [7, 11) is 4.65. The van der Waals surface area contributed by atoms with Crippen LogP contribution in [0.15, 0.2) is 35.4 Å². The number of hydrogen-bond donors (Lipinski definition) is 6. The van der Waals surface area contributed by atoms with E-state index in [-0.39, 0.29) is 44.2 Å². The van der Waals surface area contributed by atoms with Crippen molar-refractivity contribution < 1.29 is 63.5 Å². The molecule has 364 valence electrons. The maximum atomic E-state index is 14.4. The minimum absolute atomic E-state index is 0.0985. The molecule has 3 fully saturated rings. The number of methoxy groups -OCH3 is 1. The molecule has 2 amide bonds. The van der Waals surface area contributed by atoms with Gasteiger partial charge in [0.15, 0.2) is 12.6 Å². The van der Waals surface area contributed by atoms with Gasteiger partial charge >= 0.3 is 12.0 Å². The zero-order valence-corrected chi connectivity index (χ0v) is 40.0. The second-order valence-electron chi connectivity index (χ2n) is 19.2. The highest BCUT2D eigenvalue weighted by atomic mass is 16.7. The first-order valence-corrected chi connectivity index (χ1v) is 22.5. The van der Waals surface area contributed by atoms with Gasteiger partial charge in [-0.25, -0.2) is 4.79 Å². The molecule has 0 unspecified atom stereocenters. The number of aliphatic hydroxyl groups is 5. The molecule has 3 saturated heterocycles. The summed E-state index contributed by atoms with van der Waals surface area (Å²) in [5, 5.41) is 66.7. The van der Waals surface area contributed by atoms with Gasteiger partial charge in [0.2, 0.25) is 0 Å². The summed E-state index contributed by atoms with van der Waals surface area (Å²) in [5.41, 5.74) is 3.00. The van der Waals surface area contributed by atoms with E-state index in [1.807, 2.05) is 25.1 Å². The van der Waals surface area contributed by atoms with E-state index < -0.39 is 108 Å². The highest BCUT2D eigenvalue weighted by Crippen LogP contribution is 2.43. The average Bonchev–Trinajstić information content (AvgIpc) is 3.25. The first-order valence-electron chi connectivity index (χ1n) is 22.5. The summed E-state index contributed by atoms with van der Waals surface area (Å²) in [6.45, 7) is 16.6. The number of nitrogens with one attached hydrogen (secondary N) is 1. The first kappa shape index (κ1) is 53.4. The molecule has 3 heterocycles. The van der Waals surface area contributed by atoms with Crippen LogP contribution >= 0.6 is 0 Å². The van der Waals surface area contributed by atoms with Crippen LogP contribution in [0, 0.1) is 17.8 Å². The molecule has 0 saturated carbocycles. The molecule has 1 aromatic carbocycles. The van der Waals surface area contributed by atoms with Crippen LogP contribution in [0.3, 0.4) is 0 Å². The van der Waals surface area contributed by atoms with Crippen LogP contribution in [0.25, 0.3) is 10.4 Å². The second kappa shape index (κ2) is 21.6. The van der Waals surface area contributed by atoms with E-state index in [4.69, 9.17) is 34.0 Å². The third-order valence-electron chi connectivity index (χ3n) is 14.1. The first-order chi connectivity index (χ1) is 29.8. The van der Waals surface area contributed by atoms with Crippen LogP contribution in [-0.2, 0) is 33.2 Å². The normalized spacial score (nSPS) is 42.9. The Kier molecular flexibility index (Phi) is 18.1. The van der Waals surface area contributed by atoms with Crippen molar-refractivity contribution in [3.8, 4) is 0 Å². The van der Waals surface area contributed by atoms with E-state index in [0.717, 1.165) is 0 Å². The molecule has 0 aliphatic carbocycles. The third kappa shape index (κ3) is 11.5. The molecule has 0 bridgehead atoms. The number of likely N-dealkylation sites (N-methyl/N-ethyl adjacent to an activating group) is 1. The lowest BCUT2D eigenvalue weighted by Crippen LogP contribution is -2.68. The Balaban J connectivity index is 1.81. The molecule has 6 N–H and O–H groups in total. The van der Waals surface area contributed by atoms with Gasteiger partial charge in [0, 0.05) is 50.2 Å². The molecule has 64 heavy (non-hydrogen) atoms. The Labute approximate surface area is 378 Å². The summed E-state index contributed by atoms with van der Waals surface area (Å²) >= 11 is 0. The predicted molar refractivity (Wildman–Crippen MR) is 237 cm³/mol. The Bertz CT molecular complexity index is 1740. The van der Waals surface area contributed by atoms with Gasteiger partial charge in [-0.2, -0.15) is 0 Å². The molecule has 19 nitrogen and oxygen atoms in total. The molecule has 0 aromatic heterocycles. The highest BCUT2D eigenvalue weighted by Gasteiger charge is 2.58. The number of aliphatic hydroxyl groups excluding tert-OH is 2. The molecule has 1 aromatic rings. The van der Waals surface area contributed by atoms with Crippen LogP contribution in [0.5, 0.6) is 0 Å². The van der Waals surface area contributed by atoms with Gasteiger partial charge in [0.1, 0.15) is 35.1 Å². The highest BCUT2D eigenvalue weighted by molar-refractivity contribution is 5.91. The Morgan fingerprint density at radius 1 is 1.00 bits per heavy atom. The number of carbonyl (C=O) groups excluding carboxylic acids is 2. The molecular weight excluding hydrogens is 833 g/mol. The lowest BCUT2D eigenvalue weighted by atomic mass is 9.75. The summed E-state index contributed by atoms with van der Waals surface area (Å²) < 4.78 is 38.1. The van der Waals surface area contributed by atoms with Crippen molar-refractivity contribution in [2.24, 2.45) is 22.9 Å². The molecule has 3 aliphatic heterocycles. The number of rotatable bonds is 10. The van der Waals surface area contributed by atoms with Crippen molar-refractivity contribution in [2.45, 2.75) is 185 Å². The van der Waals surface area contributed by atoms with Crippen LogP contribution < -0.4 is 10.2 Å². The maximum absolute atomic E-state index is 14.4. The largest absolute Gasteiger partial charge is 0.459 e. The minimum Gasteiger partial charge on any atom is -0.459 e. The quantitative estimate of drug-likeness (QED) is 0.0844. The molecular formula is C45H76N6O13. The van der Waals surface area contributed by atoms with E-state index in [1.54, 1.807) is 81.6 Å². The summed E-state index contributed by atoms with van der Waals surface area (Å²) in [5.74, 6) is -3.15. The Morgan fingerprint density at radius 2 is 1.64 bits per heavy atom. The maximum Gasteiger partial charge on any atom is 0.324 e. The van der Waals surface area contributed by atoms with Crippen LogP contribution in [-0.4, -0.2) is 167 Å². The van der Waals surface area contributed by atoms with E-state index >= 15 is 0 Å². The van der Waals surface area contributed by atoms with Gasteiger partial charge in [0.25, 0.3) is 0 Å². The molecule has 0 spiro atoms. The fraction of sp³-hybridized carbons (Fsp3) is 0.822. The fourth-order valence-electron chi connectivity index (χ4n) is 9.87. The number of azide groups is 1. The number of para-hydroxylation sites is 1. The van der Waals surface area contributed by atoms with Gasteiger partial charge in [-0.3, -0.25) is 9.69 Å². The molecule has 18 atom stereocenters. The van der Waals surface area contributed by atoms with Gasteiger partial charge in [-0.05, 0) is 97.9 Å².